The summed E-state index contributed by atoms with van der Waals surface area (Å²) in [5.74, 6) is -5.99. The lowest BCUT2D eigenvalue weighted by molar-refractivity contribution is -0.188. The van der Waals surface area contributed by atoms with Crippen molar-refractivity contribution < 1.29 is 32.7 Å². The number of likely N-dealkylation sites (tertiary alicyclic amines) is 1. The standard InChI is InChI=1S/C15H21F3N2O4/c16-15(17,18)11-8-20(7-10(11)14(23)24)13(22)6-19-12(21)5-9-3-1-2-4-9/h9-11H,1-8H2,(H,19,21)(H,23,24)/t10-,11-/m1/s1. The van der Waals surface area contributed by atoms with Gasteiger partial charge in [0, 0.05) is 19.5 Å². The van der Waals surface area contributed by atoms with E-state index in [0.717, 1.165) is 30.6 Å². The molecule has 1 aliphatic heterocycles. The van der Waals surface area contributed by atoms with Crippen molar-refractivity contribution in [2.75, 3.05) is 19.6 Å². The normalized spacial score (nSPS) is 25.0. The number of nitrogens with one attached hydrogen (secondary N) is 1. The van der Waals surface area contributed by atoms with E-state index in [1.807, 2.05) is 0 Å². The number of carbonyl (C=O) groups excluding carboxylic acids is 2. The second-order valence-corrected chi connectivity index (χ2v) is 6.52. The average molecular weight is 350 g/mol. The van der Waals surface area contributed by atoms with Crippen molar-refractivity contribution in [1.82, 2.24) is 10.2 Å². The molecular formula is C15H21F3N2O4. The monoisotopic (exact) mass is 350 g/mol. The molecule has 1 heterocycles. The largest absolute Gasteiger partial charge is 0.481 e. The molecule has 1 saturated heterocycles. The Balaban J connectivity index is 1.83. The van der Waals surface area contributed by atoms with Gasteiger partial charge in [-0.2, -0.15) is 13.2 Å². The third-order valence-electron chi connectivity index (χ3n) is 4.80. The molecule has 0 unspecified atom stereocenters. The van der Waals surface area contributed by atoms with Gasteiger partial charge in [-0.25, -0.2) is 0 Å². The molecule has 0 bridgehead atoms. The van der Waals surface area contributed by atoms with Crippen LogP contribution in [0.5, 0.6) is 0 Å². The van der Waals surface area contributed by atoms with E-state index in [4.69, 9.17) is 5.11 Å². The van der Waals surface area contributed by atoms with Crippen LogP contribution in [0, 0.1) is 17.8 Å². The van der Waals surface area contributed by atoms with Crippen LogP contribution in [-0.4, -0.2) is 53.6 Å². The highest BCUT2D eigenvalue weighted by atomic mass is 19.4. The van der Waals surface area contributed by atoms with Crippen LogP contribution in [0.15, 0.2) is 0 Å². The minimum atomic E-state index is -4.68. The molecule has 0 aromatic carbocycles. The van der Waals surface area contributed by atoms with Crippen LogP contribution in [0.3, 0.4) is 0 Å². The molecule has 2 fully saturated rings. The Bertz CT molecular complexity index is 503. The van der Waals surface area contributed by atoms with Crippen molar-refractivity contribution in [2.24, 2.45) is 17.8 Å². The summed E-state index contributed by atoms with van der Waals surface area (Å²) in [4.78, 5) is 35.6. The number of carbonyl (C=O) groups is 3. The van der Waals surface area contributed by atoms with Crippen molar-refractivity contribution in [1.29, 1.82) is 0 Å². The van der Waals surface area contributed by atoms with Gasteiger partial charge in [0.05, 0.1) is 18.4 Å². The zero-order valence-electron chi connectivity index (χ0n) is 13.1. The number of alkyl halides is 3. The van der Waals surface area contributed by atoms with Crippen molar-refractivity contribution >= 4 is 17.8 Å². The molecule has 2 amide bonds. The van der Waals surface area contributed by atoms with Crippen molar-refractivity contribution in [3.05, 3.63) is 0 Å². The molecule has 136 valence electrons. The minimum Gasteiger partial charge on any atom is -0.481 e. The number of carboxylic acids is 1. The van der Waals surface area contributed by atoms with E-state index in [2.05, 4.69) is 5.32 Å². The van der Waals surface area contributed by atoms with Crippen LogP contribution in [-0.2, 0) is 14.4 Å². The van der Waals surface area contributed by atoms with Crippen LogP contribution in [0.2, 0.25) is 0 Å². The molecule has 1 saturated carbocycles. The summed E-state index contributed by atoms with van der Waals surface area (Å²) in [6.45, 7) is -1.57. The fourth-order valence-corrected chi connectivity index (χ4v) is 3.42. The molecule has 6 nitrogen and oxygen atoms in total. The zero-order valence-corrected chi connectivity index (χ0v) is 13.1. The molecular weight excluding hydrogens is 329 g/mol. The Labute approximate surface area is 137 Å². The number of hydrogen-bond donors (Lipinski definition) is 2. The number of carboxylic acid groups (broad SMARTS) is 1. The lowest BCUT2D eigenvalue weighted by Gasteiger charge is -2.18. The van der Waals surface area contributed by atoms with Gasteiger partial charge in [-0.05, 0) is 18.8 Å². The molecule has 1 aliphatic carbocycles. The van der Waals surface area contributed by atoms with E-state index >= 15 is 0 Å². The summed E-state index contributed by atoms with van der Waals surface area (Å²) in [5, 5.41) is 11.3. The molecule has 2 aliphatic rings. The van der Waals surface area contributed by atoms with E-state index in [-0.39, 0.29) is 5.91 Å². The van der Waals surface area contributed by atoms with Crippen LogP contribution >= 0.6 is 0 Å². The Kier molecular flexibility index (Phi) is 5.71. The Morgan fingerprint density at radius 2 is 1.75 bits per heavy atom. The number of halogens is 3. The lowest BCUT2D eigenvalue weighted by atomic mass is 9.96. The van der Waals surface area contributed by atoms with Gasteiger partial charge in [-0.1, -0.05) is 12.8 Å². The summed E-state index contributed by atoms with van der Waals surface area (Å²) in [5.41, 5.74) is 0. The van der Waals surface area contributed by atoms with Crippen LogP contribution in [0.25, 0.3) is 0 Å². The summed E-state index contributed by atoms with van der Waals surface area (Å²) in [6.07, 6.45) is -0.248. The van der Waals surface area contributed by atoms with E-state index in [9.17, 15) is 27.6 Å². The van der Waals surface area contributed by atoms with Crippen molar-refractivity contribution in [3.8, 4) is 0 Å². The van der Waals surface area contributed by atoms with Crippen LogP contribution < -0.4 is 5.32 Å². The smallest absolute Gasteiger partial charge is 0.394 e. The first kappa shape index (κ1) is 18.5. The molecule has 0 radical (unpaired) electrons. The first-order chi connectivity index (χ1) is 11.2. The van der Waals surface area contributed by atoms with Gasteiger partial charge in [-0.3, -0.25) is 14.4 Å². The maximum Gasteiger partial charge on any atom is 0.394 e. The topological polar surface area (TPSA) is 86.7 Å². The molecule has 0 aromatic rings. The van der Waals surface area contributed by atoms with Crippen LogP contribution in [0.1, 0.15) is 32.1 Å². The second kappa shape index (κ2) is 7.40. The zero-order chi connectivity index (χ0) is 17.9. The number of nitrogens with zero attached hydrogens (tertiary/aromatic N) is 1. The van der Waals surface area contributed by atoms with Crippen molar-refractivity contribution in [2.45, 2.75) is 38.3 Å². The Morgan fingerprint density at radius 1 is 1.12 bits per heavy atom. The maximum atomic E-state index is 12.9. The van der Waals surface area contributed by atoms with E-state index in [0.29, 0.717) is 12.3 Å². The minimum absolute atomic E-state index is 0.295. The average Bonchev–Trinajstić information content (AvgIpc) is 3.12. The SMILES string of the molecule is O=C(CC1CCCC1)NCC(=O)N1C[C@@H](C(F)(F)F)[C@H](C(=O)O)C1. The molecule has 9 heteroatoms. The van der Waals surface area contributed by atoms with Gasteiger partial charge in [0.15, 0.2) is 0 Å². The van der Waals surface area contributed by atoms with Crippen molar-refractivity contribution in [3.63, 3.8) is 0 Å². The quantitative estimate of drug-likeness (QED) is 0.785. The first-order valence-electron chi connectivity index (χ1n) is 8.02. The summed E-state index contributed by atoms with van der Waals surface area (Å²) in [7, 11) is 0. The fourth-order valence-electron chi connectivity index (χ4n) is 3.42. The summed E-state index contributed by atoms with van der Waals surface area (Å²) < 4.78 is 38.6. The number of rotatable bonds is 5. The first-order valence-corrected chi connectivity index (χ1v) is 8.02. The summed E-state index contributed by atoms with van der Waals surface area (Å²) >= 11 is 0. The summed E-state index contributed by atoms with van der Waals surface area (Å²) in [6, 6.07) is 0. The number of hydrogen-bond acceptors (Lipinski definition) is 3. The molecule has 0 spiro atoms. The lowest BCUT2D eigenvalue weighted by Crippen LogP contribution is -2.40. The molecule has 0 aromatic heterocycles. The van der Waals surface area contributed by atoms with Gasteiger partial charge >= 0.3 is 12.1 Å². The van der Waals surface area contributed by atoms with Gasteiger partial charge in [-0.15, -0.1) is 0 Å². The van der Waals surface area contributed by atoms with Gasteiger partial charge in [0.1, 0.15) is 0 Å². The van der Waals surface area contributed by atoms with E-state index in [1.165, 1.54) is 0 Å². The third-order valence-corrected chi connectivity index (χ3v) is 4.80. The highest BCUT2D eigenvalue weighted by Gasteiger charge is 2.53. The predicted molar refractivity (Wildman–Crippen MR) is 76.8 cm³/mol. The number of aliphatic carboxylic acids is 1. The maximum absolute atomic E-state index is 12.9. The number of amides is 2. The molecule has 2 N–H and O–H groups in total. The van der Waals surface area contributed by atoms with Crippen LogP contribution in [0.4, 0.5) is 13.2 Å². The predicted octanol–water partition coefficient (Wildman–Crippen LogP) is 1.40. The van der Waals surface area contributed by atoms with E-state index in [1.54, 1.807) is 0 Å². The molecule has 2 atom stereocenters. The Hall–Kier alpha value is -1.80. The fraction of sp³-hybridized carbons (Fsp3) is 0.800. The van der Waals surface area contributed by atoms with Gasteiger partial charge in [0.2, 0.25) is 11.8 Å². The highest BCUT2D eigenvalue weighted by Crippen LogP contribution is 2.37. The highest BCUT2D eigenvalue weighted by molar-refractivity contribution is 5.85. The van der Waals surface area contributed by atoms with E-state index < -0.39 is 49.5 Å². The third kappa shape index (κ3) is 4.61. The second-order valence-electron chi connectivity index (χ2n) is 6.52. The Morgan fingerprint density at radius 3 is 2.25 bits per heavy atom. The molecule has 24 heavy (non-hydrogen) atoms. The molecule has 2 rings (SSSR count). The van der Waals surface area contributed by atoms with Gasteiger partial charge in [0.25, 0.3) is 0 Å². The van der Waals surface area contributed by atoms with Gasteiger partial charge < -0.3 is 15.3 Å².